The van der Waals surface area contributed by atoms with Crippen LogP contribution >= 0.6 is 0 Å². The number of carbonyl (C=O) groups excluding carboxylic acids is 1. The van der Waals surface area contributed by atoms with Gasteiger partial charge in [-0.1, -0.05) is 0 Å². The highest BCUT2D eigenvalue weighted by molar-refractivity contribution is 5.49. The molecule has 3 fully saturated rings. The largest absolute Gasteiger partial charge is 0.408 e. The van der Waals surface area contributed by atoms with Crippen molar-refractivity contribution >= 4 is 18.2 Å². The third-order valence-corrected chi connectivity index (χ3v) is 7.06. The molecule has 11 heteroatoms. The Bertz CT molecular complexity index is 899. The summed E-state index contributed by atoms with van der Waals surface area (Å²) in [5.74, 6) is 0.553. The highest BCUT2D eigenvalue weighted by atomic mass is 19.4. The summed E-state index contributed by atoms with van der Waals surface area (Å²) in [6.45, 7) is 2.40. The Morgan fingerprint density at radius 1 is 1.19 bits per heavy atom. The van der Waals surface area contributed by atoms with E-state index in [1.54, 1.807) is 4.90 Å². The molecule has 4 aliphatic heterocycles. The molecular formula is C20H26F3N5O3. The van der Waals surface area contributed by atoms with Crippen LogP contribution in [0.25, 0.3) is 0 Å². The van der Waals surface area contributed by atoms with E-state index in [4.69, 9.17) is 4.74 Å². The van der Waals surface area contributed by atoms with Crippen molar-refractivity contribution in [2.24, 2.45) is 5.92 Å². The van der Waals surface area contributed by atoms with Crippen LogP contribution in [0.1, 0.15) is 25.7 Å². The zero-order valence-electron chi connectivity index (χ0n) is 17.1. The Morgan fingerprint density at radius 2 is 1.97 bits per heavy atom. The molecule has 1 amide bonds. The zero-order chi connectivity index (χ0) is 21.8. The molecule has 3 saturated heterocycles. The third-order valence-electron chi connectivity index (χ3n) is 7.06. The van der Waals surface area contributed by atoms with Gasteiger partial charge in [-0.05, 0) is 31.6 Å². The van der Waals surface area contributed by atoms with Crippen LogP contribution < -0.4 is 15.4 Å². The van der Waals surface area contributed by atoms with E-state index in [9.17, 15) is 22.8 Å². The maximum atomic E-state index is 13.9. The third kappa shape index (κ3) is 3.77. The molecule has 2 unspecified atom stereocenters. The van der Waals surface area contributed by atoms with Crippen LogP contribution in [0.15, 0.2) is 10.9 Å². The minimum absolute atomic E-state index is 0.000867. The summed E-state index contributed by atoms with van der Waals surface area (Å²) in [4.78, 5) is 33.3. The van der Waals surface area contributed by atoms with Gasteiger partial charge in [-0.15, -0.1) is 0 Å². The first-order valence-corrected chi connectivity index (χ1v) is 10.9. The summed E-state index contributed by atoms with van der Waals surface area (Å²) in [5.41, 5.74) is -0.315. The van der Waals surface area contributed by atoms with Crippen molar-refractivity contribution in [1.29, 1.82) is 0 Å². The van der Waals surface area contributed by atoms with E-state index in [0.717, 1.165) is 12.8 Å². The maximum Gasteiger partial charge on any atom is 0.408 e. The van der Waals surface area contributed by atoms with Gasteiger partial charge >= 0.3 is 6.18 Å². The first-order chi connectivity index (χ1) is 14.8. The number of anilines is 2. The van der Waals surface area contributed by atoms with Crippen molar-refractivity contribution in [2.75, 3.05) is 42.6 Å². The number of carbonyl (C=O) groups is 1. The van der Waals surface area contributed by atoms with Crippen molar-refractivity contribution in [3.63, 3.8) is 0 Å². The number of hydrogen-bond acceptors (Lipinski definition) is 6. The van der Waals surface area contributed by atoms with E-state index in [1.807, 2.05) is 4.90 Å². The van der Waals surface area contributed by atoms with E-state index in [1.165, 1.54) is 15.5 Å². The highest BCUT2D eigenvalue weighted by Crippen LogP contribution is 2.37. The Kier molecular flexibility index (Phi) is 5.10. The molecule has 5 rings (SSSR count). The minimum atomic E-state index is -4.41. The number of morpholine rings is 1. The number of likely N-dealkylation sites (tertiary alicyclic amines) is 1. The predicted octanol–water partition coefficient (Wildman–Crippen LogP) is 1.23. The fraction of sp³-hybridized carbons (Fsp3) is 0.750. The van der Waals surface area contributed by atoms with Gasteiger partial charge in [-0.3, -0.25) is 14.2 Å². The lowest BCUT2D eigenvalue weighted by atomic mass is 9.95. The molecule has 3 atom stereocenters. The van der Waals surface area contributed by atoms with Gasteiger partial charge in [0, 0.05) is 38.8 Å². The Labute approximate surface area is 177 Å². The van der Waals surface area contributed by atoms with E-state index in [0.29, 0.717) is 44.9 Å². The summed E-state index contributed by atoms with van der Waals surface area (Å²) in [7, 11) is 0. The molecule has 8 nitrogen and oxygen atoms in total. The minimum Gasteiger partial charge on any atom is -0.374 e. The van der Waals surface area contributed by atoms with Crippen molar-refractivity contribution < 1.29 is 22.7 Å². The summed E-state index contributed by atoms with van der Waals surface area (Å²) >= 11 is 0. The van der Waals surface area contributed by atoms with Crippen LogP contribution in [-0.4, -0.2) is 78.0 Å². The molecule has 0 spiro atoms. The van der Waals surface area contributed by atoms with Crippen LogP contribution in [0.2, 0.25) is 0 Å². The number of piperidine rings is 1. The number of halogens is 3. The second-order valence-electron chi connectivity index (χ2n) is 8.98. The van der Waals surface area contributed by atoms with E-state index < -0.39 is 12.2 Å². The molecule has 1 aromatic heterocycles. The van der Waals surface area contributed by atoms with Crippen LogP contribution in [-0.2, 0) is 16.1 Å². The predicted molar refractivity (Wildman–Crippen MR) is 106 cm³/mol. The number of nitrogens with zero attached hydrogens (tertiary/aromatic N) is 5. The van der Waals surface area contributed by atoms with Gasteiger partial charge in [-0.2, -0.15) is 18.2 Å². The van der Waals surface area contributed by atoms with Crippen molar-refractivity contribution in [2.45, 2.75) is 56.6 Å². The van der Waals surface area contributed by atoms with Gasteiger partial charge in [-0.25, -0.2) is 0 Å². The standard InChI is InChI=1S/C20H26F3N5O3/c21-20(22,23)16-3-6-26-18(30)8-17(27-10-15-7-14(27)11-31-15)24-19(26)28(16)9-13-1-4-25(12-29)5-2-13/h8,12-16H,1-7,9-11H2/t14?,15?,16-/m0/s1. The molecule has 0 aliphatic carbocycles. The van der Waals surface area contributed by atoms with Gasteiger partial charge in [0.15, 0.2) is 0 Å². The number of alkyl halides is 3. The molecule has 31 heavy (non-hydrogen) atoms. The SMILES string of the molecule is O=CN1CCC(CN2c3nc(N4CC5CC4CO5)cc(=O)n3CC[C@H]2C(F)(F)F)CC1. The smallest absolute Gasteiger partial charge is 0.374 e. The molecule has 0 aromatic carbocycles. The number of fused-ring (bicyclic) bond motifs is 3. The quantitative estimate of drug-likeness (QED) is 0.655. The Balaban J connectivity index is 1.47. The number of ether oxygens (including phenoxy) is 1. The normalized spacial score (nSPS) is 28.9. The van der Waals surface area contributed by atoms with Crippen LogP contribution in [0.3, 0.4) is 0 Å². The molecule has 0 N–H and O–H groups in total. The van der Waals surface area contributed by atoms with Crippen LogP contribution in [0.4, 0.5) is 24.9 Å². The van der Waals surface area contributed by atoms with Gasteiger partial charge in [0.2, 0.25) is 12.4 Å². The second kappa shape index (κ2) is 7.68. The lowest BCUT2D eigenvalue weighted by Crippen LogP contribution is -2.54. The van der Waals surface area contributed by atoms with Crippen LogP contribution in [0.5, 0.6) is 0 Å². The average Bonchev–Trinajstić information content (AvgIpc) is 3.37. The fourth-order valence-electron chi connectivity index (χ4n) is 5.35. The summed E-state index contributed by atoms with van der Waals surface area (Å²) in [6, 6.07) is -0.112. The number of aromatic nitrogens is 2. The second-order valence-corrected chi connectivity index (χ2v) is 8.98. The molecule has 1 aromatic rings. The average molecular weight is 441 g/mol. The lowest BCUT2D eigenvalue weighted by Gasteiger charge is -2.42. The Hall–Kier alpha value is -2.30. The molecule has 4 aliphatic rings. The highest BCUT2D eigenvalue weighted by Gasteiger charge is 2.48. The lowest BCUT2D eigenvalue weighted by molar-refractivity contribution is -0.153. The molecule has 2 bridgehead atoms. The van der Waals surface area contributed by atoms with Gasteiger partial charge in [0.05, 0.1) is 18.8 Å². The van der Waals surface area contributed by atoms with Gasteiger partial charge < -0.3 is 19.4 Å². The first-order valence-electron chi connectivity index (χ1n) is 10.9. The van der Waals surface area contributed by atoms with Crippen molar-refractivity contribution in [3.8, 4) is 0 Å². The van der Waals surface area contributed by atoms with E-state index in [-0.39, 0.29) is 49.1 Å². The molecule has 0 radical (unpaired) electrons. The van der Waals surface area contributed by atoms with Crippen molar-refractivity contribution in [3.05, 3.63) is 16.4 Å². The first kappa shape index (κ1) is 20.6. The van der Waals surface area contributed by atoms with Gasteiger partial charge in [0.25, 0.3) is 5.56 Å². The monoisotopic (exact) mass is 441 g/mol. The molecule has 170 valence electrons. The van der Waals surface area contributed by atoms with Gasteiger partial charge in [0.1, 0.15) is 11.9 Å². The van der Waals surface area contributed by atoms with E-state index in [2.05, 4.69) is 4.98 Å². The number of rotatable bonds is 4. The topological polar surface area (TPSA) is 70.9 Å². The Morgan fingerprint density at radius 3 is 2.58 bits per heavy atom. The summed E-state index contributed by atoms with van der Waals surface area (Å²) < 4.78 is 48.8. The van der Waals surface area contributed by atoms with E-state index >= 15 is 0 Å². The zero-order valence-corrected chi connectivity index (χ0v) is 17.1. The maximum absolute atomic E-state index is 13.9. The van der Waals surface area contributed by atoms with Crippen LogP contribution in [0, 0.1) is 5.92 Å². The fourth-order valence-corrected chi connectivity index (χ4v) is 5.35. The van der Waals surface area contributed by atoms with Crippen molar-refractivity contribution in [1.82, 2.24) is 14.5 Å². The number of amides is 1. The molecular weight excluding hydrogens is 415 g/mol. The number of hydrogen-bond donors (Lipinski definition) is 0. The molecule has 5 heterocycles. The molecule has 0 saturated carbocycles. The summed E-state index contributed by atoms with van der Waals surface area (Å²) in [6.07, 6.45) is -1.59. The summed E-state index contributed by atoms with van der Waals surface area (Å²) in [5, 5.41) is 0.